The largest absolute Gasteiger partial charge is 0.442 e. The second kappa shape index (κ2) is 5.68. The zero-order valence-electron chi connectivity index (χ0n) is 10.8. The van der Waals surface area contributed by atoms with E-state index in [2.05, 4.69) is 0 Å². The Bertz CT molecular complexity index is 357. The molecule has 0 aliphatic carbocycles. The van der Waals surface area contributed by atoms with E-state index in [0.717, 1.165) is 0 Å². The van der Waals surface area contributed by atoms with Crippen molar-refractivity contribution in [3.63, 3.8) is 0 Å². The highest BCUT2D eigenvalue weighted by Crippen LogP contribution is 2.18. The molecule has 0 radical (unpaired) electrons. The normalized spacial score (nSPS) is 11.1. The fourth-order valence-electron chi connectivity index (χ4n) is 1.23. The maximum Gasteiger partial charge on any atom is 0.439 e. The summed E-state index contributed by atoms with van der Waals surface area (Å²) in [6, 6.07) is 9.14. The van der Waals surface area contributed by atoms with Crippen LogP contribution in [0, 0.1) is 0 Å². The van der Waals surface area contributed by atoms with Crippen molar-refractivity contribution in [1.29, 1.82) is 0 Å². The summed E-state index contributed by atoms with van der Waals surface area (Å²) in [7, 11) is 0. The lowest BCUT2D eigenvalue weighted by Crippen LogP contribution is -2.36. The molecule has 4 nitrogen and oxygen atoms in total. The van der Waals surface area contributed by atoms with E-state index in [0.29, 0.717) is 12.3 Å². The minimum atomic E-state index is -0.540. The van der Waals surface area contributed by atoms with Crippen molar-refractivity contribution in [1.82, 2.24) is 0 Å². The van der Waals surface area contributed by atoms with Gasteiger partial charge in [0.15, 0.2) is 0 Å². The molecule has 0 saturated heterocycles. The van der Waals surface area contributed by atoms with E-state index in [9.17, 15) is 4.79 Å². The average Bonchev–Trinajstić information content (AvgIpc) is 2.24. The topological polar surface area (TPSA) is 38.8 Å². The number of carbonyl (C=O) groups is 1. The molecule has 0 aliphatic rings. The van der Waals surface area contributed by atoms with Crippen LogP contribution in [0.3, 0.4) is 0 Å². The smallest absolute Gasteiger partial charge is 0.439 e. The Morgan fingerprint density at radius 1 is 1.24 bits per heavy atom. The Morgan fingerprint density at radius 3 is 2.29 bits per heavy atom. The lowest BCUT2D eigenvalue weighted by atomic mass is 10.2. The molecule has 17 heavy (non-hydrogen) atoms. The van der Waals surface area contributed by atoms with Crippen LogP contribution in [0.1, 0.15) is 27.7 Å². The number of anilines is 1. The molecule has 0 aromatic heterocycles. The first kappa shape index (κ1) is 13.5. The van der Waals surface area contributed by atoms with E-state index in [-0.39, 0.29) is 0 Å². The fourth-order valence-corrected chi connectivity index (χ4v) is 1.23. The van der Waals surface area contributed by atoms with Crippen molar-refractivity contribution in [2.45, 2.75) is 33.3 Å². The predicted molar refractivity (Wildman–Crippen MR) is 66.8 cm³/mol. The second-order valence-electron chi connectivity index (χ2n) is 4.53. The summed E-state index contributed by atoms with van der Waals surface area (Å²) in [5.74, 6) is 0. The van der Waals surface area contributed by atoms with E-state index in [1.54, 1.807) is 12.1 Å². The maximum absolute atomic E-state index is 11.9. The van der Waals surface area contributed by atoms with Gasteiger partial charge in [-0.3, -0.25) is 4.84 Å². The maximum atomic E-state index is 11.9. The number of ether oxygens (including phenoxy) is 1. The minimum absolute atomic E-state index is 0.397. The van der Waals surface area contributed by atoms with Crippen LogP contribution < -0.4 is 5.06 Å². The van der Waals surface area contributed by atoms with E-state index in [4.69, 9.17) is 9.57 Å². The van der Waals surface area contributed by atoms with Crippen molar-refractivity contribution in [2.24, 2.45) is 0 Å². The lowest BCUT2D eigenvalue weighted by molar-refractivity contribution is 0.0251. The first-order chi connectivity index (χ1) is 7.94. The first-order valence-electron chi connectivity index (χ1n) is 5.65. The van der Waals surface area contributed by atoms with Gasteiger partial charge in [0.25, 0.3) is 0 Å². The molecular formula is C13H19NO3. The van der Waals surface area contributed by atoms with Crippen LogP contribution in [0.4, 0.5) is 10.5 Å². The summed E-state index contributed by atoms with van der Waals surface area (Å²) < 4.78 is 5.27. The van der Waals surface area contributed by atoms with Crippen LogP contribution in [-0.2, 0) is 9.57 Å². The zero-order chi connectivity index (χ0) is 12.9. The fraction of sp³-hybridized carbons (Fsp3) is 0.462. The number of rotatable bonds is 3. The number of para-hydroxylation sites is 1. The molecule has 0 fully saturated rings. The van der Waals surface area contributed by atoms with Gasteiger partial charge < -0.3 is 4.74 Å². The number of nitrogens with zero attached hydrogens (tertiary/aromatic N) is 1. The Kier molecular flexibility index (Phi) is 4.52. The molecule has 0 spiro atoms. The van der Waals surface area contributed by atoms with Crippen molar-refractivity contribution < 1.29 is 14.4 Å². The van der Waals surface area contributed by atoms with E-state index >= 15 is 0 Å². The quantitative estimate of drug-likeness (QED) is 0.756. The highest BCUT2D eigenvalue weighted by molar-refractivity contribution is 5.85. The van der Waals surface area contributed by atoms with Crippen LogP contribution in [0.25, 0.3) is 0 Å². The number of amides is 1. The Balaban J connectivity index is 2.83. The SMILES string of the molecule is CCON(C(=O)OC(C)(C)C)c1ccccc1. The third-order valence-corrected chi connectivity index (χ3v) is 1.81. The molecule has 94 valence electrons. The Labute approximate surface area is 102 Å². The number of hydroxylamine groups is 1. The van der Waals surface area contributed by atoms with Crippen molar-refractivity contribution >= 4 is 11.8 Å². The van der Waals surface area contributed by atoms with E-state index < -0.39 is 11.7 Å². The minimum Gasteiger partial charge on any atom is -0.442 e. The van der Waals surface area contributed by atoms with Crippen LogP contribution in [0.15, 0.2) is 30.3 Å². The third-order valence-electron chi connectivity index (χ3n) is 1.81. The standard InChI is InChI=1S/C13H19NO3/c1-5-16-14(11-9-7-6-8-10-11)12(15)17-13(2,3)4/h6-10H,5H2,1-4H3. The zero-order valence-corrected chi connectivity index (χ0v) is 10.8. The van der Waals surface area contributed by atoms with Crippen LogP contribution >= 0.6 is 0 Å². The summed E-state index contributed by atoms with van der Waals surface area (Å²) >= 11 is 0. The molecule has 1 amide bonds. The third kappa shape index (κ3) is 4.44. The number of hydrogen-bond acceptors (Lipinski definition) is 3. The molecule has 1 rings (SSSR count). The molecule has 1 aromatic rings. The lowest BCUT2D eigenvalue weighted by Gasteiger charge is -2.26. The van der Waals surface area contributed by atoms with Crippen molar-refractivity contribution in [2.75, 3.05) is 11.7 Å². The molecule has 0 heterocycles. The number of benzene rings is 1. The molecule has 4 heteroatoms. The molecule has 0 aliphatic heterocycles. The second-order valence-corrected chi connectivity index (χ2v) is 4.53. The van der Waals surface area contributed by atoms with Crippen molar-refractivity contribution in [3.8, 4) is 0 Å². The number of hydrogen-bond donors (Lipinski definition) is 0. The van der Waals surface area contributed by atoms with Gasteiger partial charge in [-0.05, 0) is 39.8 Å². The highest BCUT2D eigenvalue weighted by atomic mass is 16.7. The monoisotopic (exact) mass is 237 g/mol. The van der Waals surface area contributed by atoms with Crippen LogP contribution in [-0.4, -0.2) is 18.3 Å². The van der Waals surface area contributed by atoms with Gasteiger partial charge in [-0.2, -0.15) is 5.06 Å². The molecule has 0 saturated carbocycles. The van der Waals surface area contributed by atoms with Gasteiger partial charge in [0.1, 0.15) is 5.60 Å². The van der Waals surface area contributed by atoms with Gasteiger partial charge >= 0.3 is 6.09 Å². The summed E-state index contributed by atoms with van der Waals surface area (Å²) in [4.78, 5) is 17.2. The summed E-state index contributed by atoms with van der Waals surface area (Å²) in [6.45, 7) is 7.68. The molecule has 0 N–H and O–H groups in total. The predicted octanol–water partition coefficient (Wildman–Crippen LogP) is 3.38. The molecule has 0 unspecified atom stereocenters. The van der Waals surface area contributed by atoms with E-state index in [1.165, 1.54) is 5.06 Å². The van der Waals surface area contributed by atoms with Gasteiger partial charge in [0.2, 0.25) is 0 Å². The van der Waals surface area contributed by atoms with Gasteiger partial charge in [-0.25, -0.2) is 4.79 Å². The van der Waals surface area contributed by atoms with Crippen LogP contribution in [0.5, 0.6) is 0 Å². The Hall–Kier alpha value is -1.55. The Morgan fingerprint density at radius 2 is 1.82 bits per heavy atom. The summed E-state index contributed by atoms with van der Waals surface area (Å²) in [5, 5.41) is 1.17. The van der Waals surface area contributed by atoms with Gasteiger partial charge in [0, 0.05) is 0 Å². The van der Waals surface area contributed by atoms with Gasteiger partial charge in [-0.1, -0.05) is 18.2 Å². The van der Waals surface area contributed by atoms with Crippen molar-refractivity contribution in [3.05, 3.63) is 30.3 Å². The molecular weight excluding hydrogens is 218 g/mol. The molecule has 0 atom stereocenters. The number of carbonyl (C=O) groups excluding carboxylic acids is 1. The van der Waals surface area contributed by atoms with Gasteiger partial charge in [0.05, 0.1) is 12.3 Å². The molecule has 1 aromatic carbocycles. The summed E-state index contributed by atoms with van der Waals surface area (Å²) in [5.41, 5.74) is 0.116. The van der Waals surface area contributed by atoms with E-state index in [1.807, 2.05) is 45.9 Å². The molecule has 0 bridgehead atoms. The van der Waals surface area contributed by atoms with Crippen LogP contribution in [0.2, 0.25) is 0 Å². The first-order valence-corrected chi connectivity index (χ1v) is 5.65. The van der Waals surface area contributed by atoms with Gasteiger partial charge in [-0.15, -0.1) is 0 Å². The summed E-state index contributed by atoms with van der Waals surface area (Å²) in [6.07, 6.45) is -0.509. The average molecular weight is 237 g/mol. The highest BCUT2D eigenvalue weighted by Gasteiger charge is 2.23.